The number of rotatable bonds is 5. The van der Waals surface area contributed by atoms with Crippen molar-refractivity contribution in [3.63, 3.8) is 0 Å². The summed E-state index contributed by atoms with van der Waals surface area (Å²) in [5, 5.41) is 12.7. The van der Waals surface area contributed by atoms with Crippen molar-refractivity contribution in [2.75, 3.05) is 0 Å². The molecule has 0 heterocycles. The van der Waals surface area contributed by atoms with Crippen molar-refractivity contribution in [2.24, 2.45) is 23.2 Å². The Morgan fingerprint density at radius 3 is 2.00 bits per heavy atom. The summed E-state index contributed by atoms with van der Waals surface area (Å²) in [5.74, 6) is -2.10. The lowest BCUT2D eigenvalue weighted by Crippen LogP contribution is -2.48. The first kappa shape index (κ1) is 18.0. The summed E-state index contributed by atoms with van der Waals surface area (Å²) in [5.41, 5.74) is -0.440. The third-order valence-electron chi connectivity index (χ3n) is 4.53. The summed E-state index contributed by atoms with van der Waals surface area (Å²) >= 11 is 0. The number of carbonyl (C=O) groups excluding carboxylic acids is 1. The molecular formula is C17H31NO3. The topological polar surface area (TPSA) is 66.4 Å². The molecule has 1 rings (SSSR count). The smallest absolute Gasteiger partial charge is 0.307 e. The molecule has 1 aliphatic rings. The fourth-order valence-corrected chi connectivity index (χ4v) is 3.45. The lowest BCUT2D eigenvalue weighted by molar-refractivity contribution is -0.154. The van der Waals surface area contributed by atoms with E-state index in [4.69, 9.17) is 0 Å². The highest BCUT2D eigenvalue weighted by Gasteiger charge is 2.43. The number of carboxylic acid groups (broad SMARTS) is 1. The Morgan fingerprint density at radius 2 is 1.62 bits per heavy atom. The van der Waals surface area contributed by atoms with Crippen LogP contribution in [0.15, 0.2) is 0 Å². The quantitative estimate of drug-likeness (QED) is 0.816. The molecule has 1 amide bonds. The molecule has 1 fully saturated rings. The SMILES string of the molecule is CC(C)C(C(=O)NC1CCCCC1)C(C(=O)O)C(C)(C)C. The standard InChI is InChI=1S/C17H31NO3/c1-11(2)13(14(16(20)21)17(3,4)5)15(19)18-12-9-7-6-8-10-12/h11-14H,6-10H2,1-5H3,(H,18,19)(H,20,21). The van der Waals surface area contributed by atoms with Gasteiger partial charge in [-0.3, -0.25) is 9.59 Å². The molecule has 0 aromatic heterocycles. The molecule has 0 aliphatic heterocycles. The molecule has 0 spiro atoms. The predicted molar refractivity (Wildman–Crippen MR) is 83.9 cm³/mol. The first-order chi connectivity index (χ1) is 9.64. The van der Waals surface area contributed by atoms with Gasteiger partial charge in [0, 0.05) is 6.04 Å². The van der Waals surface area contributed by atoms with Crippen LogP contribution in [0.25, 0.3) is 0 Å². The molecule has 0 saturated heterocycles. The molecule has 1 aliphatic carbocycles. The van der Waals surface area contributed by atoms with Crippen molar-refractivity contribution in [3.05, 3.63) is 0 Å². The van der Waals surface area contributed by atoms with Gasteiger partial charge in [-0.05, 0) is 24.2 Å². The Balaban J connectivity index is 2.88. The highest BCUT2D eigenvalue weighted by Crippen LogP contribution is 2.36. The van der Waals surface area contributed by atoms with E-state index in [1.165, 1.54) is 6.42 Å². The highest BCUT2D eigenvalue weighted by atomic mass is 16.4. The summed E-state index contributed by atoms with van der Waals surface area (Å²) in [7, 11) is 0. The second-order valence-electron chi connectivity index (χ2n) is 7.80. The number of carboxylic acids is 1. The van der Waals surface area contributed by atoms with E-state index in [1.54, 1.807) is 0 Å². The van der Waals surface area contributed by atoms with Gasteiger partial charge in [-0.25, -0.2) is 0 Å². The lowest BCUT2D eigenvalue weighted by atomic mass is 9.69. The Kier molecular flexibility index (Phi) is 6.24. The molecule has 1 saturated carbocycles. The third-order valence-corrected chi connectivity index (χ3v) is 4.53. The van der Waals surface area contributed by atoms with Crippen LogP contribution in [0.2, 0.25) is 0 Å². The van der Waals surface area contributed by atoms with Gasteiger partial charge in [0.05, 0.1) is 11.8 Å². The van der Waals surface area contributed by atoms with Crippen LogP contribution in [-0.4, -0.2) is 23.0 Å². The second-order valence-corrected chi connectivity index (χ2v) is 7.80. The number of hydrogen-bond donors (Lipinski definition) is 2. The van der Waals surface area contributed by atoms with E-state index in [0.717, 1.165) is 25.7 Å². The molecule has 4 nitrogen and oxygen atoms in total. The molecule has 0 aromatic rings. The van der Waals surface area contributed by atoms with E-state index in [1.807, 2.05) is 34.6 Å². The maximum Gasteiger partial charge on any atom is 0.307 e. The van der Waals surface area contributed by atoms with E-state index in [2.05, 4.69) is 5.32 Å². The van der Waals surface area contributed by atoms with Gasteiger partial charge in [-0.15, -0.1) is 0 Å². The zero-order valence-corrected chi connectivity index (χ0v) is 14.1. The molecule has 2 N–H and O–H groups in total. The highest BCUT2D eigenvalue weighted by molar-refractivity contribution is 5.85. The maximum atomic E-state index is 12.7. The fourth-order valence-electron chi connectivity index (χ4n) is 3.45. The average Bonchev–Trinajstić information content (AvgIpc) is 2.34. The van der Waals surface area contributed by atoms with Crippen molar-refractivity contribution in [2.45, 2.75) is 72.8 Å². The fraction of sp³-hybridized carbons (Fsp3) is 0.882. The number of aliphatic carboxylic acids is 1. The number of amides is 1. The van der Waals surface area contributed by atoms with Crippen molar-refractivity contribution < 1.29 is 14.7 Å². The van der Waals surface area contributed by atoms with Crippen molar-refractivity contribution in [1.82, 2.24) is 5.32 Å². The number of carbonyl (C=O) groups is 2. The van der Waals surface area contributed by atoms with Crippen LogP contribution in [0.3, 0.4) is 0 Å². The van der Waals surface area contributed by atoms with E-state index < -0.39 is 23.2 Å². The van der Waals surface area contributed by atoms with E-state index >= 15 is 0 Å². The van der Waals surface area contributed by atoms with Crippen LogP contribution >= 0.6 is 0 Å². The molecule has 0 radical (unpaired) electrons. The van der Waals surface area contributed by atoms with Gasteiger partial charge in [-0.2, -0.15) is 0 Å². The third kappa shape index (κ3) is 5.01. The molecular weight excluding hydrogens is 266 g/mol. The maximum absolute atomic E-state index is 12.7. The van der Waals surface area contributed by atoms with E-state index in [-0.39, 0.29) is 17.9 Å². The Bertz CT molecular complexity index is 365. The monoisotopic (exact) mass is 297 g/mol. The van der Waals surface area contributed by atoms with Gasteiger partial charge in [0.15, 0.2) is 0 Å². The van der Waals surface area contributed by atoms with Crippen molar-refractivity contribution in [1.29, 1.82) is 0 Å². The molecule has 122 valence electrons. The first-order valence-corrected chi connectivity index (χ1v) is 8.17. The molecule has 21 heavy (non-hydrogen) atoms. The Morgan fingerprint density at radius 1 is 1.10 bits per heavy atom. The first-order valence-electron chi connectivity index (χ1n) is 8.17. The van der Waals surface area contributed by atoms with Gasteiger partial charge in [-0.1, -0.05) is 53.9 Å². The van der Waals surface area contributed by atoms with Gasteiger partial charge >= 0.3 is 5.97 Å². The number of nitrogens with one attached hydrogen (secondary N) is 1. The zero-order valence-electron chi connectivity index (χ0n) is 14.1. The largest absolute Gasteiger partial charge is 0.481 e. The molecule has 0 aromatic carbocycles. The zero-order chi connectivity index (χ0) is 16.2. The normalized spacial score (nSPS) is 20.1. The lowest BCUT2D eigenvalue weighted by Gasteiger charge is -2.36. The molecule has 2 unspecified atom stereocenters. The summed E-state index contributed by atoms with van der Waals surface area (Å²) in [4.78, 5) is 24.4. The van der Waals surface area contributed by atoms with Gasteiger partial charge < -0.3 is 10.4 Å². The molecule has 2 atom stereocenters. The van der Waals surface area contributed by atoms with Gasteiger partial charge in [0.25, 0.3) is 0 Å². The summed E-state index contributed by atoms with van der Waals surface area (Å²) in [6.07, 6.45) is 5.57. The second kappa shape index (κ2) is 7.28. The summed E-state index contributed by atoms with van der Waals surface area (Å²) < 4.78 is 0. The Hall–Kier alpha value is -1.06. The van der Waals surface area contributed by atoms with Crippen molar-refractivity contribution in [3.8, 4) is 0 Å². The van der Waals surface area contributed by atoms with Crippen LogP contribution in [-0.2, 0) is 9.59 Å². The van der Waals surface area contributed by atoms with E-state index in [9.17, 15) is 14.7 Å². The minimum Gasteiger partial charge on any atom is -0.481 e. The minimum absolute atomic E-state index is 0.00826. The molecule has 0 bridgehead atoms. The van der Waals surface area contributed by atoms with E-state index in [0.29, 0.717) is 0 Å². The van der Waals surface area contributed by atoms with Gasteiger partial charge in [0.2, 0.25) is 5.91 Å². The predicted octanol–water partition coefficient (Wildman–Crippen LogP) is 3.45. The van der Waals surface area contributed by atoms with Crippen LogP contribution < -0.4 is 5.32 Å². The van der Waals surface area contributed by atoms with Crippen LogP contribution in [0, 0.1) is 23.2 Å². The summed E-state index contributed by atoms with van der Waals surface area (Å²) in [6.45, 7) is 9.57. The minimum atomic E-state index is -0.875. The summed E-state index contributed by atoms with van der Waals surface area (Å²) in [6, 6.07) is 0.224. The van der Waals surface area contributed by atoms with Crippen molar-refractivity contribution >= 4 is 11.9 Å². The van der Waals surface area contributed by atoms with Crippen LogP contribution in [0.1, 0.15) is 66.7 Å². The average molecular weight is 297 g/mol. The molecule has 4 heteroatoms. The van der Waals surface area contributed by atoms with Crippen LogP contribution in [0.5, 0.6) is 0 Å². The van der Waals surface area contributed by atoms with Gasteiger partial charge in [0.1, 0.15) is 0 Å². The Labute approximate surface area is 128 Å². The number of hydrogen-bond acceptors (Lipinski definition) is 2. The van der Waals surface area contributed by atoms with Crippen LogP contribution in [0.4, 0.5) is 0 Å².